The van der Waals surface area contributed by atoms with Crippen LogP contribution in [-0.4, -0.2) is 115 Å². The lowest BCUT2D eigenvalue weighted by Crippen LogP contribution is -2.47. The number of benzene rings is 4. The Balaban J connectivity index is 0.000000177. The maximum atomic E-state index is 5.97. The van der Waals surface area contributed by atoms with Gasteiger partial charge in [0, 0.05) is 98.1 Å². The van der Waals surface area contributed by atoms with E-state index in [2.05, 4.69) is 52.6 Å². The summed E-state index contributed by atoms with van der Waals surface area (Å²) in [5.74, 6) is 4.31. The molecule has 2 aliphatic heterocycles. The minimum Gasteiger partial charge on any atom is -0.497 e. The summed E-state index contributed by atoms with van der Waals surface area (Å²) >= 11 is 8.92. The Bertz CT molecular complexity index is 2130. The molecule has 4 aromatic carbocycles. The number of aryl methyl sites for hydroxylation is 1. The zero-order chi connectivity index (χ0) is 40.1. The van der Waals surface area contributed by atoms with E-state index in [1.54, 1.807) is 21.3 Å². The number of para-hydroxylation sites is 1. The summed E-state index contributed by atoms with van der Waals surface area (Å²) in [5.41, 5.74) is 4.66. The molecule has 0 amide bonds. The molecule has 0 atom stereocenters. The monoisotopic (exact) mass is 838 g/mol. The largest absolute Gasteiger partial charge is 0.497 e. The average Bonchev–Trinajstić information content (AvgIpc) is 3.99. The molecule has 11 nitrogen and oxygen atoms in total. The number of rotatable bonds is 14. The summed E-state index contributed by atoms with van der Waals surface area (Å²) < 4.78 is 25.0. The molecular formula is C44H51ClN8O3S2. The lowest BCUT2D eigenvalue weighted by molar-refractivity contribution is 0.254. The molecule has 2 aromatic heterocycles. The highest BCUT2D eigenvalue weighted by atomic mass is 35.5. The molecule has 8 rings (SSSR count). The number of halogens is 1. The van der Waals surface area contributed by atoms with Crippen LogP contribution in [0.2, 0.25) is 5.02 Å². The van der Waals surface area contributed by atoms with Crippen molar-refractivity contribution in [3.63, 3.8) is 0 Å². The summed E-state index contributed by atoms with van der Waals surface area (Å²) in [5, 5.41) is 2.74. The molecule has 2 fully saturated rings. The second-order valence-electron chi connectivity index (χ2n) is 14.2. The number of methoxy groups -OCH3 is 3. The zero-order valence-electron chi connectivity index (χ0n) is 33.4. The van der Waals surface area contributed by atoms with Gasteiger partial charge in [0.05, 0.1) is 21.3 Å². The van der Waals surface area contributed by atoms with Gasteiger partial charge in [0.25, 0.3) is 0 Å². The van der Waals surface area contributed by atoms with Crippen LogP contribution in [0.15, 0.2) is 97.1 Å². The SMILES string of the molecule is COc1ccc(CCN2CCN(c3nc(-c4ccc(OC)cc4)ns3)CC2)cc1.COc1ccccc1CCCN1CCN(c2nc(-c3ccc(Cl)cc3)ns2)CC1. The number of nitrogens with zero attached hydrogens (tertiary/aromatic N) is 8. The third-order valence-corrected chi connectivity index (χ3v) is 12.4. The van der Waals surface area contributed by atoms with Crippen molar-refractivity contribution < 1.29 is 14.2 Å². The number of hydrogen-bond donors (Lipinski definition) is 0. The fourth-order valence-electron chi connectivity index (χ4n) is 7.07. The van der Waals surface area contributed by atoms with Crippen molar-refractivity contribution in [3.8, 4) is 40.0 Å². The van der Waals surface area contributed by atoms with Crippen molar-refractivity contribution in [1.82, 2.24) is 28.5 Å². The van der Waals surface area contributed by atoms with E-state index in [0.29, 0.717) is 0 Å². The van der Waals surface area contributed by atoms with Gasteiger partial charge >= 0.3 is 0 Å². The van der Waals surface area contributed by atoms with Crippen LogP contribution in [0.4, 0.5) is 10.3 Å². The molecule has 58 heavy (non-hydrogen) atoms. The second-order valence-corrected chi connectivity index (χ2v) is 16.1. The number of ether oxygens (including phenoxy) is 3. The highest BCUT2D eigenvalue weighted by Gasteiger charge is 2.22. The van der Waals surface area contributed by atoms with Gasteiger partial charge in [-0.25, -0.2) is 0 Å². The highest BCUT2D eigenvalue weighted by Crippen LogP contribution is 2.28. The van der Waals surface area contributed by atoms with Crippen LogP contribution in [0.5, 0.6) is 17.2 Å². The van der Waals surface area contributed by atoms with E-state index in [0.717, 1.165) is 140 Å². The molecule has 2 aliphatic rings. The number of aromatic nitrogens is 4. The fourth-order valence-corrected chi connectivity index (χ4v) is 8.67. The fraction of sp³-hybridized carbons (Fsp3) is 0.364. The Labute approximate surface area is 355 Å². The molecular weight excluding hydrogens is 788 g/mol. The number of piperazine rings is 2. The predicted octanol–water partition coefficient (Wildman–Crippen LogP) is 8.21. The Kier molecular flexibility index (Phi) is 14.8. The standard InChI is InChI=1S/C22H25ClN4OS.C22H26N4O2S/c1-28-20-7-3-2-5-17(20)6-4-12-26-13-15-27(16-14-26)22-24-21(25-29-22)18-8-10-19(23)11-9-18;1-27-19-7-3-17(4-8-19)11-12-25-13-15-26(16-14-25)22-23-21(24-29-22)18-5-9-20(28-2)10-6-18/h2-3,5,7-11H,4,6,12-16H2,1H3;3-10H,11-16H2,1-2H3. The van der Waals surface area contributed by atoms with E-state index in [9.17, 15) is 0 Å². The van der Waals surface area contributed by atoms with E-state index in [1.807, 2.05) is 72.8 Å². The number of anilines is 2. The predicted molar refractivity (Wildman–Crippen MR) is 238 cm³/mol. The van der Waals surface area contributed by atoms with Crippen LogP contribution in [-0.2, 0) is 12.8 Å². The van der Waals surface area contributed by atoms with Gasteiger partial charge in [-0.15, -0.1) is 0 Å². The van der Waals surface area contributed by atoms with Crippen LogP contribution in [0.3, 0.4) is 0 Å². The van der Waals surface area contributed by atoms with E-state index in [1.165, 1.54) is 34.2 Å². The van der Waals surface area contributed by atoms with Gasteiger partial charge in [-0.3, -0.25) is 9.80 Å². The maximum Gasteiger partial charge on any atom is 0.205 e. The highest BCUT2D eigenvalue weighted by molar-refractivity contribution is 7.10. The lowest BCUT2D eigenvalue weighted by Gasteiger charge is -2.34. The summed E-state index contributed by atoms with van der Waals surface area (Å²) in [7, 11) is 5.11. The maximum absolute atomic E-state index is 5.97. The molecule has 6 aromatic rings. The van der Waals surface area contributed by atoms with Crippen molar-refractivity contribution in [2.24, 2.45) is 0 Å². The first-order chi connectivity index (χ1) is 28.5. The van der Waals surface area contributed by atoms with Crippen molar-refractivity contribution in [3.05, 3.63) is 113 Å². The van der Waals surface area contributed by atoms with Crippen LogP contribution in [0.1, 0.15) is 17.5 Å². The normalized spacial score (nSPS) is 14.8. The summed E-state index contributed by atoms with van der Waals surface area (Å²) in [6, 6.07) is 32.2. The summed E-state index contributed by atoms with van der Waals surface area (Å²) in [6.07, 6.45) is 3.25. The van der Waals surface area contributed by atoms with Crippen molar-refractivity contribution >= 4 is 44.9 Å². The topological polar surface area (TPSA) is 92.2 Å². The lowest BCUT2D eigenvalue weighted by atomic mass is 10.1. The van der Waals surface area contributed by atoms with Gasteiger partial charge in [0.1, 0.15) is 17.2 Å². The molecule has 4 heterocycles. The van der Waals surface area contributed by atoms with Gasteiger partial charge < -0.3 is 24.0 Å². The van der Waals surface area contributed by atoms with Crippen molar-refractivity contribution in [1.29, 1.82) is 0 Å². The molecule has 0 spiro atoms. The third-order valence-electron chi connectivity index (χ3n) is 10.6. The van der Waals surface area contributed by atoms with Gasteiger partial charge in [-0.2, -0.15) is 18.7 Å². The van der Waals surface area contributed by atoms with E-state index >= 15 is 0 Å². The van der Waals surface area contributed by atoms with Gasteiger partial charge in [-0.1, -0.05) is 41.9 Å². The summed E-state index contributed by atoms with van der Waals surface area (Å²) in [4.78, 5) is 19.2. The van der Waals surface area contributed by atoms with Gasteiger partial charge in [0.2, 0.25) is 10.3 Å². The van der Waals surface area contributed by atoms with E-state index in [-0.39, 0.29) is 0 Å². The summed E-state index contributed by atoms with van der Waals surface area (Å²) in [6.45, 7) is 10.4. The Morgan fingerprint density at radius 1 is 0.552 bits per heavy atom. The Morgan fingerprint density at radius 2 is 1.05 bits per heavy atom. The van der Waals surface area contributed by atoms with Crippen molar-refractivity contribution in [2.45, 2.75) is 19.3 Å². The zero-order valence-corrected chi connectivity index (χ0v) is 35.8. The second kappa shape index (κ2) is 20.8. The average molecular weight is 840 g/mol. The van der Waals surface area contributed by atoms with Crippen molar-refractivity contribution in [2.75, 3.05) is 96.6 Å². The Hall–Kier alpha value is -4.79. The Morgan fingerprint density at radius 3 is 1.59 bits per heavy atom. The quantitative estimate of drug-likeness (QED) is 0.106. The first kappa shape index (κ1) is 41.4. The van der Waals surface area contributed by atoms with Crippen LogP contribution >= 0.6 is 34.7 Å². The molecule has 0 unspecified atom stereocenters. The van der Waals surface area contributed by atoms with Crippen LogP contribution in [0, 0.1) is 0 Å². The molecule has 2 saturated heterocycles. The number of hydrogen-bond acceptors (Lipinski definition) is 13. The molecule has 0 saturated carbocycles. The molecule has 0 N–H and O–H groups in total. The minimum absolute atomic E-state index is 0.728. The van der Waals surface area contributed by atoms with Gasteiger partial charge in [-0.05, 0) is 104 Å². The third kappa shape index (κ3) is 11.2. The van der Waals surface area contributed by atoms with Crippen LogP contribution < -0.4 is 24.0 Å². The molecule has 304 valence electrons. The smallest absolute Gasteiger partial charge is 0.205 e. The molecule has 0 aliphatic carbocycles. The first-order valence-corrected chi connectivity index (χ1v) is 21.7. The molecule has 0 bridgehead atoms. The minimum atomic E-state index is 0.728. The molecule has 0 radical (unpaired) electrons. The van der Waals surface area contributed by atoms with Gasteiger partial charge in [0.15, 0.2) is 11.6 Å². The van der Waals surface area contributed by atoms with Crippen LogP contribution in [0.25, 0.3) is 22.8 Å². The van der Waals surface area contributed by atoms with E-state index < -0.39 is 0 Å². The first-order valence-electron chi connectivity index (χ1n) is 19.7. The van der Waals surface area contributed by atoms with E-state index in [4.69, 9.17) is 35.8 Å². The molecule has 14 heteroatoms.